The maximum absolute atomic E-state index is 13.6. The van der Waals surface area contributed by atoms with Crippen molar-refractivity contribution in [1.82, 2.24) is 0 Å². The van der Waals surface area contributed by atoms with Crippen LogP contribution < -0.4 is 15.3 Å². The van der Waals surface area contributed by atoms with E-state index in [1.54, 1.807) is 30.3 Å². The molecule has 0 unspecified atom stereocenters. The minimum atomic E-state index is -3.68. The number of anilines is 3. The van der Waals surface area contributed by atoms with Crippen LogP contribution >= 0.6 is 7.59 Å². The fraction of sp³-hybridized carbons (Fsp3) is 0. The standard InChI is InChI=1S/C18H16N5O5P/c24-22(25)17-10-4-8-15(12-17)20-29(28,19-14-6-2-1-3-7-14)21-16-9-5-11-18(13-16)23(26)27/h1-13H,(H3,19,20,21,28). The predicted octanol–water partition coefficient (Wildman–Crippen LogP) is 5.25. The van der Waals surface area contributed by atoms with Gasteiger partial charge in [0.1, 0.15) is 0 Å². The second-order valence-corrected chi connectivity index (χ2v) is 7.81. The zero-order chi connectivity index (χ0) is 20.9. The Balaban J connectivity index is 1.94. The number of non-ortho nitro benzene ring substituents is 2. The Bertz CT molecular complexity index is 1030. The Kier molecular flexibility index (Phi) is 5.75. The van der Waals surface area contributed by atoms with Crippen molar-refractivity contribution in [2.45, 2.75) is 0 Å². The van der Waals surface area contributed by atoms with Gasteiger partial charge in [-0.25, -0.2) is 0 Å². The molecule has 0 bridgehead atoms. The Morgan fingerprint density at radius 3 is 1.48 bits per heavy atom. The maximum Gasteiger partial charge on any atom is 0.352 e. The van der Waals surface area contributed by atoms with Crippen LogP contribution in [0.4, 0.5) is 28.4 Å². The summed E-state index contributed by atoms with van der Waals surface area (Å²) in [6.45, 7) is 0. The predicted molar refractivity (Wildman–Crippen MR) is 111 cm³/mol. The summed E-state index contributed by atoms with van der Waals surface area (Å²) in [6.07, 6.45) is 0. The van der Waals surface area contributed by atoms with E-state index in [9.17, 15) is 24.8 Å². The number of nitrogens with one attached hydrogen (secondary N) is 3. The van der Waals surface area contributed by atoms with E-state index in [1.165, 1.54) is 48.5 Å². The summed E-state index contributed by atoms with van der Waals surface area (Å²) in [4.78, 5) is 20.9. The van der Waals surface area contributed by atoms with Crippen molar-refractivity contribution in [3.05, 3.63) is 99.1 Å². The van der Waals surface area contributed by atoms with Crippen LogP contribution in [0.25, 0.3) is 0 Å². The van der Waals surface area contributed by atoms with Gasteiger partial charge in [-0.05, 0) is 24.3 Å². The molecule has 0 aromatic heterocycles. The van der Waals surface area contributed by atoms with Gasteiger partial charge in [-0.2, -0.15) is 0 Å². The topological polar surface area (TPSA) is 139 Å². The summed E-state index contributed by atoms with van der Waals surface area (Å²) in [5.74, 6) is 0. The molecule has 0 saturated carbocycles. The molecule has 148 valence electrons. The van der Waals surface area contributed by atoms with Crippen LogP contribution in [-0.4, -0.2) is 9.85 Å². The van der Waals surface area contributed by atoms with Crippen molar-refractivity contribution in [3.8, 4) is 0 Å². The lowest BCUT2D eigenvalue weighted by Crippen LogP contribution is -2.14. The number of nitrogens with zero attached hydrogens (tertiary/aromatic N) is 2. The van der Waals surface area contributed by atoms with Gasteiger partial charge in [-0.3, -0.25) is 24.8 Å². The first-order valence-electron chi connectivity index (χ1n) is 8.33. The number of hydrogen-bond donors (Lipinski definition) is 3. The van der Waals surface area contributed by atoms with Gasteiger partial charge in [0.2, 0.25) is 0 Å². The number of benzene rings is 3. The minimum Gasteiger partial charge on any atom is -0.304 e. The summed E-state index contributed by atoms with van der Waals surface area (Å²) < 4.78 is 13.6. The molecule has 0 aliphatic heterocycles. The highest BCUT2D eigenvalue weighted by Crippen LogP contribution is 2.46. The zero-order valence-corrected chi connectivity index (χ0v) is 15.8. The number of hydrogen-bond acceptors (Lipinski definition) is 5. The molecular weight excluding hydrogens is 397 g/mol. The average molecular weight is 413 g/mol. The lowest BCUT2D eigenvalue weighted by atomic mass is 10.3. The highest BCUT2D eigenvalue weighted by Gasteiger charge is 2.24. The molecule has 0 fully saturated rings. The SMILES string of the molecule is O=[N+]([O-])c1cccc(NP(=O)(Nc2ccccc2)Nc2cccc([N+](=O)[O-])c2)c1. The first-order valence-corrected chi connectivity index (χ1v) is 10.0. The molecule has 3 N–H and O–H groups in total. The molecule has 0 aliphatic rings. The number of para-hydroxylation sites is 1. The van der Waals surface area contributed by atoms with Gasteiger partial charge in [-0.1, -0.05) is 30.3 Å². The fourth-order valence-corrected chi connectivity index (χ4v) is 4.21. The van der Waals surface area contributed by atoms with Crippen LogP contribution in [0.3, 0.4) is 0 Å². The summed E-state index contributed by atoms with van der Waals surface area (Å²) in [7, 11) is -3.68. The molecule has 0 saturated heterocycles. The first kappa shape index (κ1) is 19.8. The molecule has 3 rings (SSSR count). The van der Waals surface area contributed by atoms with E-state index in [0.717, 1.165) is 0 Å². The van der Waals surface area contributed by atoms with Crippen LogP contribution in [0.2, 0.25) is 0 Å². The van der Waals surface area contributed by atoms with Gasteiger partial charge in [0, 0.05) is 41.3 Å². The van der Waals surface area contributed by atoms with E-state index in [0.29, 0.717) is 5.69 Å². The summed E-state index contributed by atoms with van der Waals surface area (Å²) in [6, 6.07) is 19.8. The lowest BCUT2D eigenvalue weighted by Gasteiger charge is -2.24. The highest BCUT2D eigenvalue weighted by molar-refractivity contribution is 7.68. The third kappa shape index (κ3) is 5.30. The van der Waals surface area contributed by atoms with Gasteiger partial charge in [0.25, 0.3) is 11.4 Å². The van der Waals surface area contributed by atoms with Crippen molar-refractivity contribution < 1.29 is 14.4 Å². The molecule has 0 heterocycles. The van der Waals surface area contributed by atoms with Crippen molar-refractivity contribution in [1.29, 1.82) is 0 Å². The summed E-state index contributed by atoms with van der Waals surface area (Å²) >= 11 is 0. The van der Waals surface area contributed by atoms with Crippen molar-refractivity contribution >= 4 is 36.0 Å². The molecule has 3 aromatic carbocycles. The van der Waals surface area contributed by atoms with Crippen LogP contribution in [0.15, 0.2) is 78.9 Å². The van der Waals surface area contributed by atoms with Crippen molar-refractivity contribution in [2.75, 3.05) is 15.3 Å². The third-order valence-electron chi connectivity index (χ3n) is 3.75. The van der Waals surface area contributed by atoms with Crippen LogP contribution in [0.1, 0.15) is 0 Å². The molecule has 0 spiro atoms. The summed E-state index contributed by atoms with van der Waals surface area (Å²) in [5, 5.41) is 30.4. The Morgan fingerprint density at radius 1 is 0.621 bits per heavy atom. The molecule has 0 radical (unpaired) electrons. The van der Waals surface area contributed by atoms with E-state index < -0.39 is 17.4 Å². The second kappa shape index (κ2) is 8.41. The Hall–Kier alpha value is -3.91. The molecule has 0 aliphatic carbocycles. The molecule has 0 atom stereocenters. The lowest BCUT2D eigenvalue weighted by molar-refractivity contribution is -0.385. The zero-order valence-electron chi connectivity index (χ0n) is 14.9. The normalized spacial score (nSPS) is 10.8. The minimum absolute atomic E-state index is 0.170. The molecule has 10 nitrogen and oxygen atoms in total. The van der Waals surface area contributed by atoms with Crippen LogP contribution in [0, 0.1) is 20.2 Å². The molecule has 29 heavy (non-hydrogen) atoms. The largest absolute Gasteiger partial charge is 0.352 e. The number of nitro benzene ring substituents is 2. The molecule has 3 aromatic rings. The Morgan fingerprint density at radius 2 is 1.03 bits per heavy atom. The van der Waals surface area contributed by atoms with Crippen LogP contribution in [-0.2, 0) is 4.57 Å². The highest BCUT2D eigenvalue weighted by atomic mass is 31.2. The summed E-state index contributed by atoms with van der Waals surface area (Å²) in [5.41, 5.74) is 0.660. The van der Waals surface area contributed by atoms with Gasteiger partial charge in [0.05, 0.1) is 9.85 Å². The molecule has 11 heteroatoms. The number of rotatable bonds is 8. The molecular formula is C18H16N5O5P. The van der Waals surface area contributed by atoms with E-state index >= 15 is 0 Å². The van der Waals surface area contributed by atoms with Gasteiger partial charge < -0.3 is 15.3 Å². The van der Waals surface area contributed by atoms with E-state index in [4.69, 9.17) is 0 Å². The van der Waals surface area contributed by atoms with E-state index in [1.807, 2.05) is 0 Å². The van der Waals surface area contributed by atoms with Crippen LogP contribution in [0.5, 0.6) is 0 Å². The quantitative estimate of drug-likeness (QED) is 0.258. The maximum atomic E-state index is 13.6. The van der Waals surface area contributed by atoms with E-state index in [-0.39, 0.29) is 22.7 Å². The van der Waals surface area contributed by atoms with Crippen molar-refractivity contribution in [2.24, 2.45) is 0 Å². The first-order chi connectivity index (χ1) is 13.8. The fourth-order valence-electron chi connectivity index (χ4n) is 2.52. The smallest absolute Gasteiger partial charge is 0.304 e. The second-order valence-electron chi connectivity index (χ2n) is 5.93. The monoisotopic (exact) mass is 413 g/mol. The number of nitro groups is 2. The average Bonchev–Trinajstić information content (AvgIpc) is 2.68. The molecule has 0 amide bonds. The van der Waals surface area contributed by atoms with E-state index in [2.05, 4.69) is 15.3 Å². The Labute approximate surface area is 165 Å². The van der Waals surface area contributed by atoms with Gasteiger partial charge >= 0.3 is 7.59 Å². The van der Waals surface area contributed by atoms with Gasteiger partial charge in [-0.15, -0.1) is 0 Å². The van der Waals surface area contributed by atoms with Gasteiger partial charge in [0.15, 0.2) is 0 Å². The van der Waals surface area contributed by atoms with Crippen molar-refractivity contribution in [3.63, 3.8) is 0 Å². The third-order valence-corrected chi connectivity index (χ3v) is 5.47.